The van der Waals surface area contributed by atoms with Gasteiger partial charge in [0.25, 0.3) is 0 Å². The van der Waals surface area contributed by atoms with Gasteiger partial charge in [0.2, 0.25) is 5.91 Å². The van der Waals surface area contributed by atoms with E-state index in [1.54, 1.807) is 12.3 Å². The van der Waals surface area contributed by atoms with E-state index in [1.165, 1.54) is 0 Å². The van der Waals surface area contributed by atoms with E-state index >= 15 is 0 Å². The molecule has 1 saturated heterocycles. The van der Waals surface area contributed by atoms with Gasteiger partial charge in [-0.2, -0.15) is 0 Å². The lowest BCUT2D eigenvalue weighted by Gasteiger charge is -2.14. The van der Waals surface area contributed by atoms with E-state index in [2.05, 4.69) is 10.3 Å². The van der Waals surface area contributed by atoms with Crippen molar-refractivity contribution in [2.24, 2.45) is 11.7 Å². The average Bonchev–Trinajstić information content (AvgIpc) is 2.68. The zero-order chi connectivity index (χ0) is 11.5. The number of nitrogens with two attached hydrogens (primary N) is 1. The summed E-state index contributed by atoms with van der Waals surface area (Å²) in [7, 11) is 0. The zero-order valence-electron chi connectivity index (χ0n) is 9.14. The van der Waals surface area contributed by atoms with E-state index in [0.29, 0.717) is 13.2 Å². The minimum Gasteiger partial charge on any atom is -0.379 e. The number of carbonyl (C=O) groups is 1. The predicted molar refractivity (Wildman–Crippen MR) is 59.9 cm³/mol. The molecule has 0 saturated carbocycles. The number of carbonyl (C=O) groups excluding carboxylic acids is 1. The van der Waals surface area contributed by atoms with Gasteiger partial charge in [0.1, 0.15) is 0 Å². The molecule has 3 N–H and O–H groups in total. The van der Waals surface area contributed by atoms with E-state index in [0.717, 1.165) is 11.4 Å². The normalized spacial score (nSPS) is 24.4. The van der Waals surface area contributed by atoms with Crippen molar-refractivity contribution < 1.29 is 9.53 Å². The summed E-state index contributed by atoms with van der Waals surface area (Å²) in [4.78, 5) is 16.0. The number of amides is 1. The van der Waals surface area contributed by atoms with Crippen LogP contribution in [0.2, 0.25) is 0 Å². The number of pyridine rings is 1. The van der Waals surface area contributed by atoms with E-state index in [9.17, 15) is 4.79 Å². The molecular weight excluding hydrogens is 206 g/mol. The van der Waals surface area contributed by atoms with Gasteiger partial charge in [0, 0.05) is 12.2 Å². The summed E-state index contributed by atoms with van der Waals surface area (Å²) in [5.41, 5.74) is 7.29. The SMILES string of the molecule is Cc1ncccc1NC(=O)C1COCC1N. The second-order valence-electron chi connectivity index (χ2n) is 3.93. The summed E-state index contributed by atoms with van der Waals surface area (Å²) < 4.78 is 5.16. The number of rotatable bonds is 2. The highest BCUT2D eigenvalue weighted by atomic mass is 16.5. The molecule has 5 heteroatoms. The van der Waals surface area contributed by atoms with Crippen molar-refractivity contribution >= 4 is 11.6 Å². The van der Waals surface area contributed by atoms with Crippen LogP contribution < -0.4 is 11.1 Å². The van der Waals surface area contributed by atoms with E-state index < -0.39 is 0 Å². The lowest BCUT2D eigenvalue weighted by Crippen LogP contribution is -2.37. The highest BCUT2D eigenvalue weighted by molar-refractivity contribution is 5.93. The van der Waals surface area contributed by atoms with Crippen molar-refractivity contribution in [3.05, 3.63) is 24.0 Å². The Morgan fingerprint density at radius 3 is 3.06 bits per heavy atom. The Labute approximate surface area is 94.0 Å². The number of nitrogens with one attached hydrogen (secondary N) is 1. The molecule has 0 aromatic carbocycles. The average molecular weight is 221 g/mol. The van der Waals surface area contributed by atoms with Crippen molar-refractivity contribution in [1.29, 1.82) is 0 Å². The number of ether oxygens (including phenoxy) is 1. The maximum atomic E-state index is 11.9. The molecule has 0 aliphatic carbocycles. The van der Waals surface area contributed by atoms with Gasteiger partial charge in [-0.25, -0.2) is 0 Å². The van der Waals surface area contributed by atoms with E-state index in [-0.39, 0.29) is 17.9 Å². The summed E-state index contributed by atoms with van der Waals surface area (Å²) in [6.07, 6.45) is 1.69. The molecule has 5 nitrogen and oxygen atoms in total. The molecule has 1 aliphatic heterocycles. The Bertz CT molecular complexity index is 395. The smallest absolute Gasteiger partial charge is 0.231 e. The molecule has 0 bridgehead atoms. The van der Waals surface area contributed by atoms with Gasteiger partial charge in [-0.3, -0.25) is 9.78 Å². The molecule has 2 atom stereocenters. The Hall–Kier alpha value is -1.46. The molecule has 1 aromatic rings. The predicted octanol–water partition coefficient (Wildman–Crippen LogP) is 0.302. The summed E-state index contributed by atoms with van der Waals surface area (Å²) in [6, 6.07) is 3.40. The molecule has 1 aliphatic rings. The first-order valence-electron chi connectivity index (χ1n) is 5.24. The first kappa shape index (κ1) is 11.0. The molecule has 1 amide bonds. The molecule has 2 rings (SSSR count). The van der Waals surface area contributed by atoms with Gasteiger partial charge < -0.3 is 15.8 Å². The fraction of sp³-hybridized carbons (Fsp3) is 0.455. The molecule has 86 valence electrons. The van der Waals surface area contributed by atoms with Crippen LogP contribution in [0.3, 0.4) is 0 Å². The topological polar surface area (TPSA) is 77.2 Å². The van der Waals surface area contributed by atoms with Crippen LogP contribution in [-0.4, -0.2) is 30.1 Å². The van der Waals surface area contributed by atoms with Gasteiger partial charge in [0.15, 0.2) is 0 Å². The van der Waals surface area contributed by atoms with Crippen LogP contribution in [0.1, 0.15) is 5.69 Å². The van der Waals surface area contributed by atoms with Gasteiger partial charge >= 0.3 is 0 Å². The summed E-state index contributed by atoms with van der Waals surface area (Å²) in [5, 5.41) is 2.82. The van der Waals surface area contributed by atoms with Crippen molar-refractivity contribution in [2.75, 3.05) is 18.5 Å². The van der Waals surface area contributed by atoms with Crippen LogP contribution >= 0.6 is 0 Å². The van der Waals surface area contributed by atoms with Crippen LogP contribution in [0.5, 0.6) is 0 Å². The zero-order valence-corrected chi connectivity index (χ0v) is 9.14. The Morgan fingerprint density at radius 2 is 2.44 bits per heavy atom. The number of hydrogen-bond donors (Lipinski definition) is 2. The van der Waals surface area contributed by atoms with Crippen molar-refractivity contribution in [2.45, 2.75) is 13.0 Å². The fourth-order valence-corrected chi connectivity index (χ4v) is 1.68. The second-order valence-corrected chi connectivity index (χ2v) is 3.93. The molecule has 1 aromatic heterocycles. The monoisotopic (exact) mass is 221 g/mol. The largest absolute Gasteiger partial charge is 0.379 e. The minimum atomic E-state index is -0.264. The summed E-state index contributed by atoms with van der Waals surface area (Å²) in [6.45, 7) is 2.69. The fourth-order valence-electron chi connectivity index (χ4n) is 1.68. The minimum absolute atomic E-state index is 0.0962. The molecule has 2 heterocycles. The number of aromatic nitrogens is 1. The maximum Gasteiger partial charge on any atom is 0.231 e. The van der Waals surface area contributed by atoms with Crippen molar-refractivity contribution in [1.82, 2.24) is 4.98 Å². The van der Waals surface area contributed by atoms with Crippen molar-refractivity contribution in [3.63, 3.8) is 0 Å². The molecule has 2 unspecified atom stereocenters. The maximum absolute atomic E-state index is 11.9. The first-order chi connectivity index (χ1) is 7.68. The highest BCUT2D eigenvalue weighted by Gasteiger charge is 2.31. The standard InChI is InChI=1S/C11H15N3O2/c1-7-10(3-2-4-13-7)14-11(15)8-5-16-6-9(8)12/h2-4,8-9H,5-6,12H2,1H3,(H,14,15). The van der Waals surface area contributed by atoms with E-state index in [1.807, 2.05) is 13.0 Å². The molecule has 16 heavy (non-hydrogen) atoms. The number of aryl methyl sites for hydroxylation is 1. The van der Waals surface area contributed by atoms with Crippen LogP contribution in [0.4, 0.5) is 5.69 Å². The quantitative estimate of drug-likeness (QED) is 0.753. The van der Waals surface area contributed by atoms with Gasteiger partial charge in [-0.15, -0.1) is 0 Å². The molecular formula is C11H15N3O2. The molecule has 0 spiro atoms. The lowest BCUT2D eigenvalue weighted by atomic mass is 10.0. The summed E-state index contributed by atoms with van der Waals surface area (Å²) in [5.74, 6) is -0.360. The van der Waals surface area contributed by atoms with Crippen LogP contribution in [-0.2, 0) is 9.53 Å². The summed E-state index contributed by atoms with van der Waals surface area (Å²) >= 11 is 0. The van der Waals surface area contributed by atoms with Crippen LogP contribution in [0.25, 0.3) is 0 Å². The Kier molecular flexibility index (Phi) is 3.17. The first-order valence-corrected chi connectivity index (χ1v) is 5.24. The number of hydrogen-bond acceptors (Lipinski definition) is 4. The Balaban J connectivity index is 2.05. The highest BCUT2D eigenvalue weighted by Crippen LogP contribution is 2.16. The van der Waals surface area contributed by atoms with Crippen LogP contribution in [0.15, 0.2) is 18.3 Å². The number of nitrogens with zero attached hydrogens (tertiary/aromatic N) is 1. The lowest BCUT2D eigenvalue weighted by molar-refractivity contribution is -0.120. The van der Waals surface area contributed by atoms with Gasteiger partial charge in [-0.1, -0.05) is 0 Å². The van der Waals surface area contributed by atoms with Gasteiger partial charge in [0.05, 0.1) is 30.5 Å². The third kappa shape index (κ3) is 2.20. The molecule has 1 fully saturated rings. The van der Waals surface area contributed by atoms with Crippen molar-refractivity contribution in [3.8, 4) is 0 Å². The Morgan fingerprint density at radius 1 is 1.62 bits per heavy atom. The van der Waals surface area contributed by atoms with E-state index in [4.69, 9.17) is 10.5 Å². The number of anilines is 1. The third-order valence-electron chi connectivity index (χ3n) is 2.73. The second kappa shape index (κ2) is 4.59. The molecule has 0 radical (unpaired) electrons. The van der Waals surface area contributed by atoms with Crippen LogP contribution in [0, 0.1) is 12.8 Å². The van der Waals surface area contributed by atoms with Gasteiger partial charge in [-0.05, 0) is 19.1 Å². The third-order valence-corrected chi connectivity index (χ3v) is 2.73.